The van der Waals surface area contributed by atoms with Crippen LogP contribution in [0, 0.1) is 5.92 Å². The van der Waals surface area contributed by atoms with Crippen molar-refractivity contribution in [1.29, 1.82) is 0 Å². The minimum Gasteiger partial charge on any atom is -0.495 e. The van der Waals surface area contributed by atoms with E-state index < -0.39 is 0 Å². The highest BCUT2D eigenvalue weighted by molar-refractivity contribution is 5.64. The SMILES string of the molecule is COc1cccc2c1NCCC2NCC(C)C. The largest absolute Gasteiger partial charge is 0.495 e. The molecule has 0 aromatic heterocycles. The van der Waals surface area contributed by atoms with Gasteiger partial charge >= 0.3 is 0 Å². The average molecular weight is 234 g/mol. The molecule has 1 unspecified atom stereocenters. The van der Waals surface area contributed by atoms with Crippen molar-refractivity contribution in [3.05, 3.63) is 23.8 Å². The van der Waals surface area contributed by atoms with Gasteiger partial charge in [-0.1, -0.05) is 26.0 Å². The molecule has 3 heteroatoms. The van der Waals surface area contributed by atoms with E-state index in [0.29, 0.717) is 12.0 Å². The van der Waals surface area contributed by atoms with Crippen molar-refractivity contribution < 1.29 is 4.74 Å². The lowest BCUT2D eigenvalue weighted by molar-refractivity contribution is 0.409. The Morgan fingerprint density at radius 3 is 3.00 bits per heavy atom. The molecule has 0 saturated carbocycles. The van der Waals surface area contributed by atoms with Gasteiger partial charge in [0.2, 0.25) is 0 Å². The van der Waals surface area contributed by atoms with E-state index in [2.05, 4.69) is 36.6 Å². The average Bonchev–Trinajstić information content (AvgIpc) is 2.35. The van der Waals surface area contributed by atoms with E-state index in [1.165, 1.54) is 5.56 Å². The van der Waals surface area contributed by atoms with Gasteiger partial charge in [-0.05, 0) is 30.5 Å². The van der Waals surface area contributed by atoms with Crippen LogP contribution in [0.4, 0.5) is 5.69 Å². The van der Waals surface area contributed by atoms with E-state index >= 15 is 0 Å². The summed E-state index contributed by atoms with van der Waals surface area (Å²) in [6, 6.07) is 6.71. The van der Waals surface area contributed by atoms with Crippen LogP contribution in [0.1, 0.15) is 31.9 Å². The first kappa shape index (κ1) is 12.2. The number of methoxy groups -OCH3 is 1. The van der Waals surface area contributed by atoms with Gasteiger partial charge in [-0.25, -0.2) is 0 Å². The fraction of sp³-hybridized carbons (Fsp3) is 0.571. The lowest BCUT2D eigenvalue weighted by Crippen LogP contribution is -2.30. The van der Waals surface area contributed by atoms with E-state index in [1.54, 1.807) is 7.11 Å². The normalized spacial score (nSPS) is 18.7. The zero-order valence-corrected chi connectivity index (χ0v) is 10.9. The summed E-state index contributed by atoms with van der Waals surface area (Å²) < 4.78 is 5.40. The second kappa shape index (κ2) is 5.41. The van der Waals surface area contributed by atoms with Gasteiger partial charge in [0, 0.05) is 12.6 Å². The van der Waals surface area contributed by atoms with Crippen LogP contribution >= 0.6 is 0 Å². The van der Waals surface area contributed by atoms with E-state index in [1.807, 2.05) is 6.07 Å². The summed E-state index contributed by atoms with van der Waals surface area (Å²) in [4.78, 5) is 0. The Hall–Kier alpha value is -1.22. The molecule has 17 heavy (non-hydrogen) atoms. The fourth-order valence-corrected chi connectivity index (χ4v) is 2.28. The summed E-state index contributed by atoms with van der Waals surface area (Å²) in [6.45, 7) is 6.53. The number of nitrogens with one attached hydrogen (secondary N) is 2. The van der Waals surface area contributed by atoms with Crippen LogP contribution in [-0.2, 0) is 0 Å². The van der Waals surface area contributed by atoms with Crippen LogP contribution in [0.2, 0.25) is 0 Å². The molecule has 1 aliphatic heterocycles. The molecule has 2 N–H and O–H groups in total. The minimum absolute atomic E-state index is 0.448. The van der Waals surface area contributed by atoms with Crippen molar-refractivity contribution in [2.24, 2.45) is 5.92 Å². The maximum absolute atomic E-state index is 5.40. The Balaban J connectivity index is 2.19. The van der Waals surface area contributed by atoms with Gasteiger partial charge in [-0.3, -0.25) is 0 Å². The number of anilines is 1. The molecule has 3 nitrogen and oxygen atoms in total. The Morgan fingerprint density at radius 2 is 2.29 bits per heavy atom. The molecule has 0 spiro atoms. The predicted octanol–water partition coefficient (Wildman–Crippen LogP) is 2.80. The second-order valence-corrected chi connectivity index (χ2v) is 4.99. The second-order valence-electron chi connectivity index (χ2n) is 4.99. The third-order valence-corrected chi connectivity index (χ3v) is 3.16. The Bertz CT molecular complexity index is 376. The number of ether oxygens (including phenoxy) is 1. The molecule has 0 bridgehead atoms. The van der Waals surface area contributed by atoms with Gasteiger partial charge in [0.1, 0.15) is 5.75 Å². The van der Waals surface area contributed by atoms with E-state index in [-0.39, 0.29) is 0 Å². The first-order valence-electron chi connectivity index (χ1n) is 6.36. The van der Waals surface area contributed by atoms with Crippen molar-refractivity contribution >= 4 is 5.69 Å². The molecule has 0 fully saturated rings. The molecule has 0 saturated heterocycles. The summed E-state index contributed by atoms with van der Waals surface area (Å²) in [5.74, 6) is 1.62. The lowest BCUT2D eigenvalue weighted by Gasteiger charge is -2.29. The van der Waals surface area contributed by atoms with Crippen LogP contribution in [0.25, 0.3) is 0 Å². The topological polar surface area (TPSA) is 33.3 Å². The molecule has 1 aromatic rings. The highest BCUT2D eigenvalue weighted by Crippen LogP contribution is 2.36. The van der Waals surface area contributed by atoms with Crippen molar-refractivity contribution in [3.8, 4) is 5.75 Å². The number of hydrogen-bond donors (Lipinski definition) is 2. The quantitative estimate of drug-likeness (QED) is 0.840. The first-order chi connectivity index (χ1) is 8.22. The number of rotatable bonds is 4. The summed E-state index contributed by atoms with van der Waals surface area (Å²) in [5, 5.41) is 7.07. The molecule has 94 valence electrons. The van der Waals surface area contributed by atoms with E-state index in [4.69, 9.17) is 4.74 Å². The summed E-state index contributed by atoms with van der Waals surface area (Å²) in [5.41, 5.74) is 2.48. The third-order valence-electron chi connectivity index (χ3n) is 3.16. The first-order valence-corrected chi connectivity index (χ1v) is 6.36. The number of benzene rings is 1. The number of fused-ring (bicyclic) bond motifs is 1. The van der Waals surface area contributed by atoms with E-state index in [9.17, 15) is 0 Å². The molecule has 1 heterocycles. The Morgan fingerprint density at radius 1 is 1.47 bits per heavy atom. The van der Waals surface area contributed by atoms with Crippen molar-refractivity contribution in [1.82, 2.24) is 5.32 Å². The summed E-state index contributed by atoms with van der Waals surface area (Å²) in [7, 11) is 1.72. The highest BCUT2D eigenvalue weighted by Gasteiger charge is 2.21. The molecule has 1 aliphatic rings. The monoisotopic (exact) mass is 234 g/mol. The van der Waals surface area contributed by atoms with Crippen LogP contribution in [-0.4, -0.2) is 20.2 Å². The van der Waals surface area contributed by atoms with Crippen LogP contribution in [0.3, 0.4) is 0 Å². The minimum atomic E-state index is 0.448. The molecule has 0 aliphatic carbocycles. The fourth-order valence-electron chi connectivity index (χ4n) is 2.28. The van der Waals surface area contributed by atoms with Crippen molar-refractivity contribution in [2.45, 2.75) is 26.3 Å². The molecule has 0 radical (unpaired) electrons. The molecule has 2 rings (SSSR count). The van der Waals surface area contributed by atoms with Crippen LogP contribution < -0.4 is 15.4 Å². The van der Waals surface area contributed by atoms with Crippen molar-refractivity contribution in [2.75, 3.05) is 25.5 Å². The zero-order chi connectivity index (χ0) is 12.3. The lowest BCUT2D eigenvalue weighted by atomic mass is 9.97. The van der Waals surface area contributed by atoms with Crippen LogP contribution in [0.15, 0.2) is 18.2 Å². The number of hydrogen-bond acceptors (Lipinski definition) is 3. The van der Waals surface area contributed by atoms with Gasteiger partial charge < -0.3 is 15.4 Å². The van der Waals surface area contributed by atoms with E-state index in [0.717, 1.165) is 30.9 Å². The van der Waals surface area contributed by atoms with Crippen LogP contribution in [0.5, 0.6) is 5.75 Å². The summed E-state index contributed by atoms with van der Waals surface area (Å²) in [6.07, 6.45) is 1.13. The Kier molecular flexibility index (Phi) is 3.89. The number of para-hydroxylation sites is 1. The predicted molar refractivity (Wildman–Crippen MR) is 71.7 cm³/mol. The molecular weight excluding hydrogens is 212 g/mol. The standard InChI is InChI=1S/C14H22N2O/c1-10(2)9-16-12-7-8-15-14-11(12)5-4-6-13(14)17-3/h4-6,10,12,15-16H,7-9H2,1-3H3. The maximum atomic E-state index is 5.40. The van der Waals surface area contributed by atoms with Gasteiger partial charge in [0.15, 0.2) is 0 Å². The molecule has 1 aromatic carbocycles. The van der Waals surface area contributed by atoms with Gasteiger partial charge in [-0.2, -0.15) is 0 Å². The molecule has 1 atom stereocenters. The molecule has 0 amide bonds. The highest BCUT2D eigenvalue weighted by atomic mass is 16.5. The van der Waals surface area contributed by atoms with Gasteiger partial charge in [0.05, 0.1) is 12.8 Å². The molecular formula is C14H22N2O. The maximum Gasteiger partial charge on any atom is 0.142 e. The smallest absolute Gasteiger partial charge is 0.142 e. The zero-order valence-electron chi connectivity index (χ0n) is 10.9. The van der Waals surface area contributed by atoms with Gasteiger partial charge in [0.25, 0.3) is 0 Å². The Labute approximate surface area is 104 Å². The van der Waals surface area contributed by atoms with Gasteiger partial charge in [-0.15, -0.1) is 0 Å². The van der Waals surface area contributed by atoms with Crippen molar-refractivity contribution in [3.63, 3.8) is 0 Å². The third kappa shape index (κ3) is 2.72. The summed E-state index contributed by atoms with van der Waals surface area (Å²) >= 11 is 0.